The molecule has 2 amide bonds. The molecule has 1 aliphatic heterocycles. The number of ether oxygens (including phenoxy) is 2. The summed E-state index contributed by atoms with van der Waals surface area (Å²) in [5, 5.41) is 0. The number of hydrogen-bond donors (Lipinski definition) is 0. The molecule has 0 saturated heterocycles. The van der Waals surface area contributed by atoms with E-state index in [0.717, 1.165) is 14.2 Å². The number of carbonyl (C=O) groups is 5. The molecule has 120 valence electrons. The zero-order valence-corrected chi connectivity index (χ0v) is 12.4. The molecule has 1 aromatic rings. The van der Waals surface area contributed by atoms with E-state index < -0.39 is 42.0 Å². The third-order valence-electron chi connectivity index (χ3n) is 3.40. The van der Waals surface area contributed by atoms with Crippen LogP contribution in [-0.4, -0.2) is 54.7 Å². The van der Waals surface area contributed by atoms with Crippen molar-refractivity contribution in [1.29, 1.82) is 0 Å². The van der Waals surface area contributed by atoms with Gasteiger partial charge in [-0.2, -0.15) is 0 Å². The van der Waals surface area contributed by atoms with Crippen molar-refractivity contribution in [1.82, 2.24) is 4.90 Å². The third kappa shape index (κ3) is 2.83. The normalized spacial score (nSPS) is 14.3. The highest BCUT2D eigenvalue weighted by atomic mass is 16.5. The number of esters is 2. The van der Waals surface area contributed by atoms with Gasteiger partial charge in [0.25, 0.3) is 11.8 Å². The molecule has 1 aromatic carbocycles. The minimum atomic E-state index is -1.53. The maximum absolute atomic E-state index is 12.4. The van der Waals surface area contributed by atoms with E-state index in [9.17, 15) is 24.0 Å². The maximum Gasteiger partial charge on any atom is 0.374 e. The molecule has 8 heteroatoms. The molecule has 0 bridgehead atoms. The molecule has 23 heavy (non-hydrogen) atoms. The first kappa shape index (κ1) is 16.3. The van der Waals surface area contributed by atoms with Gasteiger partial charge in [-0.3, -0.25) is 19.3 Å². The predicted octanol–water partition coefficient (Wildman–Crippen LogP) is -0.0436. The molecule has 8 nitrogen and oxygen atoms in total. The molecule has 0 radical (unpaired) electrons. The predicted molar refractivity (Wildman–Crippen MR) is 74.4 cm³/mol. The summed E-state index contributed by atoms with van der Waals surface area (Å²) < 4.78 is 8.82. The second-order valence-corrected chi connectivity index (χ2v) is 4.68. The summed E-state index contributed by atoms with van der Waals surface area (Å²) in [5.74, 6) is -4.64. The second-order valence-electron chi connectivity index (χ2n) is 4.68. The number of fused-ring (bicyclic) bond motifs is 1. The van der Waals surface area contributed by atoms with E-state index >= 15 is 0 Å². The van der Waals surface area contributed by atoms with Crippen LogP contribution in [0.3, 0.4) is 0 Å². The Labute approximate surface area is 131 Å². The van der Waals surface area contributed by atoms with Crippen molar-refractivity contribution < 1.29 is 33.4 Å². The van der Waals surface area contributed by atoms with E-state index in [0.29, 0.717) is 4.90 Å². The number of hydrogen-bond acceptors (Lipinski definition) is 7. The zero-order valence-electron chi connectivity index (χ0n) is 12.4. The van der Waals surface area contributed by atoms with Crippen molar-refractivity contribution in [3.05, 3.63) is 35.4 Å². The fraction of sp³-hybridized carbons (Fsp3) is 0.267. The van der Waals surface area contributed by atoms with Gasteiger partial charge in [0.2, 0.25) is 5.78 Å². The summed E-state index contributed by atoms with van der Waals surface area (Å²) in [7, 11) is 2.06. The summed E-state index contributed by atoms with van der Waals surface area (Å²) in [6.07, 6.45) is -0.704. The average molecular weight is 319 g/mol. The molecular formula is C15H13NO7. The summed E-state index contributed by atoms with van der Waals surface area (Å²) >= 11 is 0. The fourth-order valence-electron chi connectivity index (χ4n) is 2.28. The van der Waals surface area contributed by atoms with Gasteiger partial charge < -0.3 is 9.47 Å². The zero-order chi connectivity index (χ0) is 17.1. The minimum Gasteiger partial charge on any atom is -0.467 e. The molecule has 0 saturated carbocycles. The minimum absolute atomic E-state index is 0.122. The van der Waals surface area contributed by atoms with Gasteiger partial charge in [-0.05, 0) is 12.1 Å². The number of benzene rings is 1. The molecule has 0 spiro atoms. The first-order chi connectivity index (χ1) is 10.9. The monoisotopic (exact) mass is 319 g/mol. The van der Waals surface area contributed by atoms with Crippen LogP contribution < -0.4 is 0 Å². The topological polar surface area (TPSA) is 107 Å². The van der Waals surface area contributed by atoms with Crippen molar-refractivity contribution >= 4 is 29.5 Å². The van der Waals surface area contributed by atoms with Crippen LogP contribution in [-0.2, 0) is 23.9 Å². The van der Waals surface area contributed by atoms with E-state index in [1.54, 1.807) is 12.1 Å². The lowest BCUT2D eigenvalue weighted by Gasteiger charge is -2.22. The number of rotatable bonds is 5. The molecule has 1 aliphatic rings. The Kier molecular flexibility index (Phi) is 4.54. The van der Waals surface area contributed by atoms with E-state index in [1.165, 1.54) is 12.1 Å². The fourth-order valence-corrected chi connectivity index (χ4v) is 2.28. The van der Waals surface area contributed by atoms with Crippen LogP contribution in [0.2, 0.25) is 0 Å². The molecule has 1 atom stereocenters. The van der Waals surface area contributed by atoms with Crippen LogP contribution in [0, 0.1) is 0 Å². The molecule has 0 fully saturated rings. The molecule has 0 aliphatic carbocycles. The van der Waals surface area contributed by atoms with Gasteiger partial charge in [0.05, 0.1) is 25.3 Å². The number of nitrogens with zero attached hydrogens (tertiary/aromatic N) is 1. The number of ketones is 1. The number of Topliss-reactive ketones (excluding diaryl/α,β-unsaturated/α-hetero) is 1. The van der Waals surface area contributed by atoms with Gasteiger partial charge in [0.1, 0.15) is 6.04 Å². The van der Waals surface area contributed by atoms with Crippen LogP contribution in [0.25, 0.3) is 0 Å². The molecule has 2 rings (SSSR count). The van der Waals surface area contributed by atoms with Crippen molar-refractivity contribution in [2.24, 2.45) is 0 Å². The van der Waals surface area contributed by atoms with E-state index in [2.05, 4.69) is 9.47 Å². The van der Waals surface area contributed by atoms with Crippen LogP contribution in [0.15, 0.2) is 24.3 Å². The largest absolute Gasteiger partial charge is 0.467 e. The lowest BCUT2D eigenvalue weighted by atomic mass is 10.1. The number of imide groups is 1. The third-order valence-corrected chi connectivity index (χ3v) is 3.40. The Hall–Kier alpha value is -3.03. The maximum atomic E-state index is 12.4. The first-order valence-electron chi connectivity index (χ1n) is 6.58. The van der Waals surface area contributed by atoms with Crippen molar-refractivity contribution in [3.8, 4) is 0 Å². The molecule has 1 heterocycles. The van der Waals surface area contributed by atoms with Gasteiger partial charge in [-0.1, -0.05) is 12.1 Å². The van der Waals surface area contributed by atoms with Gasteiger partial charge in [0.15, 0.2) is 0 Å². The average Bonchev–Trinajstić information content (AvgIpc) is 2.82. The summed E-state index contributed by atoms with van der Waals surface area (Å²) in [6, 6.07) is 4.48. The Balaban J connectivity index is 2.36. The standard InChI is InChI=1S/C15H13NO7/c1-22-14(20)10(7-11(17)15(21)23-2)16-12(18)8-5-3-4-6-9(8)13(16)19/h3-6,10H,7H2,1-2H3/t10-/m1/s1. The van der Waals surface area contributed by atoms with E-state index in [1.807, 2.05) is 0 Å². The van der Waals surface area contributed by atoms with Gasteiger partial charge >= 0.3 is 11.9 Å². The summed E-state index contributed by atoms with van der Waals surface area (Å²) in [4.78, 5) is 60.2. The van der Waals surface area contributed by atoms with Crippen molar-refractivity contribution in [3.63, 3.8) is 0 Å². The Bertz CT molecular complexity index is 675. The highest BCUT2D eigenvalue weighted by molar-refractivity contribution is 6.34. The van der Waals surface area contributed by atoms with Crippen LogP contribution in [0.4, 0.5) is 0 Å². The van der Waals surface area contributed by atoms with Crippen LogP contribution in [0.1, 0.15) is 27.1 Å². The van der Waals surface area contributed by atoms with Crippen molar-refractivity contribution in [2.45, 2.75) is 12.5 Å². The number of amides is 2. The highest BCUT2D eigenvalue weighted by Gasteiger charge is 2.44. The van der Waals surface area contributed by atoms with E-state index in [-0.39, 0.29) is 11.1 Å². The Morgan fingerprint density at radius 3 is 1.96 bits per heavy atom. The van der Waals surface area contributed by atoms with Gasteiger partial charge in [0, 0.05) is 6.42 Å². The Morgan fingerprint density at radius 1 is 1.00 bits per heavy atom. The second kappa shape index (κ2) is 6.39. The smallest absolute Gasteiger partial charge is 0.374 e. The van der Waals surface area contributed by atoms with Crippen LogP contribution >= 0.6 is 0 Å². The number of methoxy groups -OCH3 is 2. The highest BCUT2D eigenvalue weighted by Crippen LogP contribution is 2.26. The summed E-state index contributed by atoms with van der Waals surface area (Å²) in [5.41, 5.74) is 0.244. The van der Waals surface area contributed by atoms with Gasteiger partial charge in [-0.15, -0.1) is 0 Å². The van der Waals surface area contributed by atoms with Crippen molar-refractivity contribution in [2.75, 3.05) is 14.2 Å². The molecule has 0 unspecified atom stereocenters. The molecular weight excluding hydrogens is 306 g/mol. The lowest BCUT2D eigenvalue weighted by Crippen LogP contribution is -2.47. The lowest BCUT2D eigenvalue weighted by molar-refractivity contribution is -0.154. The Morgan fingerprint density at radius 2 is 1.52 bits per heavy atom. The van der Waals surface area contributed by atoms with Gasteiger partial charge in [-0.25, -0.2) is 9.59 Å². The molecule has 0 N–H and O–H groups in total. The van der Waals surface area contributed by atoms with E-state index in [4.69, 9.17) is 0 Å². The quantitative estimate of drug-likeness (QED) is 0.425. The molecule has 0 aromatic heterocycles. The number of carbonyl (C=O) groups excluding carboxylic acids is 5. The SMILES string of the molecule is COC(=O)C(=O)C[C@H](C(=O)OC)N1C(=O)c2ccccc2C1=O. The first-order valence-corrected chi connectivity index (χ1v) is 6.58. The van der Waals surface area contributed by atoms with Crippen LogP contribution in [0.5, 0.6) is 0 Å². The summed E-state index contributed by atoms with van der Waals surface area (Å²) in [6.45, 7) is 0.